The first kappa shape index (κ1) is 19.0. The number of likely N-dealkylation sites (tertiary alicyclic amines) is 1. The molecule has 1 saturated heterocycles. The molecule has 3 heterocycles. The van der Waals surface area contributed by atoms with E-state index in [1.807, 2.05) is 0 Å². The maximum absolute atomic E-state index is 14.8. The summed E-state index contributed by atoms with van der Waals surface area (Å²) >= 11 is 0. The van der Waals surface area contributed by atoms with Crippen LogP contribution in [0.25, 0.3) is 0 Å². The largest absolute Gasteiger partial charge is 0.371 e. The van der Waals surface area contributed by atoms with Gasteiger partial charge in [0.25, 0.3) is 0 Å². The normalized spacial score (nSPS) is 23.8. The third-order valence-electron chi connectivity index (χ3n) is 5.76. The van der Waals surface area contributed by atoms with Crippen LogP contribution in [0.4, 0.5) is 26.2 Å². The molecule has 4 rings (SSSR count). The van der Waals surface area contributed by atoms with Gasteiger partial charge in [-0.3, -0.25) is 4.68 Å². The van der Waals surface area contributed by atoms with Crippen LogP contribution in [-0.4, -0.2) is 57.5 Å². The van der Waals surface area contributed by atoms with Gasteiger partial charge in [0.05, 0.1) is 24.1 Å². The van der Waals surface area contributed by atoms with Gasteiger partial charge in [0.15, 0.2) is 11.6 Å². The molecule has 1 aliphatic carbocycles. The number of halogens is 2. The molecule has 0 spiro atoms. The fraction of sp³-hybridized carbons (Fsp3) is 0.632. The summed E-state index contributed by atoms with van der Waals surface area (Å²) in [7, 11) is 1.59. The molecule has 1 aliphatic heterocycles. The van der Waals surface area contributed by atoms with Gasteiger partial charge in [-0.1, -0.05) is 12.8 Å². The Labute approximate surface area is 163 Å². The van der Waals surface area contributed by atoms with Gasteiger partial charge < -0.3 is 15.5 Å². The van der Waals surface area contributed by atoms with E-state index in [1.165, 1.54) is 25.7 Å². The molecular formula is C19H27F2N7. The molecule has 152 valence electrons. The number of hydrogen-bond acceptors (Lipinski definition) is 6. The Hall–Kier alpha value is -2.29. The molecular weight excluding hydrogens is 364 g/mol. The van der Waals surface area contributed by atoms with E-state index in [2.05, 4.69) is 30.6 Å². The van der Waals surface area contributed by atoms with Gasteiger partial charge in [0.2, 0.25) is 5.95 Å². The topological polar surface area (TPSA) is 70.9 Å². The minimum absolute atomic E-state index is 0.114. The van der Waals surface area contributed by atoms with Crippen LogP contribution in [0.2, 0.25) is 0 Å². The van der Waals surface area contributed by atoms with E-state index in [-0.39, 0.29) is 17.8 Å². The minimum atomic E-state index is -0.944. The van der Waals surface area contributed by atoms with Crippen molar-refractivity contribution in [1.29, 1.82) is 0 Å². The highest BCUT2D eigenvalue weighted by atomic mass is 19.1. The van der Waals surface area contributed by atoms with Crippen molar-refractivity contribution in [2.45, 2.75) is 44.3 Å². The fourth-order valence-electron chi connectivity index (χ4n) is 4.29. The van der Waals surface area contributed by atoms with Gasteiger partial charge in [-0.2, -0.15) is 10.1 Å². The smallest absolute Gasteiger partial charge is 0.229 e. The highest BCUT2D eigenvalue weighted by molar-refractivity contribution is 5.52. The molecule has 7 nitrogen and oxygen atoms in total. The second-order valence-corrected chi connectivity index (χ2v) is 7.76. The Morgan fingerprint density at radius 3 is 2.79 bits per heavy atom. The summed E-state index contributed by atoms with van der Waals surface area (Å²) in [5.41, 5.74) is 0.647. The number of alkyl halides is 1. The van der Waals surface area contributed by atoms with Crippen molar-refractivity contribution in [2.24, 2.45) is 5.92 Å². The Bertz CT molecular complexity index is 790. The number of anilines is 3. The van der Waals surface area contributed by atoms with Crippen LogP contribution in [0.5, 0.6) is 0 Å². The summed E-state index contributed by atoms with van der Waals surface area (Å²) in [5.74, 6) is 0.590. The molecule has 2 aromatic rings. The molecule has 2 atom stereocenters. The second-order valence-electron chi connectivity index (χ2n) is 7.76. The zero-order valence-corrected chi connectivity index (χ0v) is 16.1. The number of aromatic nitrogens is 4. The van der Waals surface area contributed by atoms with Crippen LogP contribution in [0, 0.1) is 11.7 Å². The third kappa shape index (κ3) is 4.24. The molecule has 28 heavy (non-hydrogen) atoms. The van der Waals surface area contributed by atoms with Crippen LogP contribution in [0.3, 0.4) is 0 Å². The molecule has 1 saturated carbocycles. The van der Waals surface area contributed by atoms with Crippen molar-refractivity contribution >= 4 is 17.5 Å². The number of piperidine rings is 1. The average Bonchev–Trinajstić information content (AvgIpc) is 3.36. The molecule has 2 fully saturated rings. The highest BCUT2D eigenvalue weighted by Crippen LogP contribution is 2.30. The predicted octanol–water partition coefficient (Wildman–Crippen LogP) is 3.37. The lowest BCUT2D eigenvalue weighted by molar-refractivity contribution is 0.0739. The molecule has 0 unspecified atom stereocenters. The number of nitrogens with zero attached hydrogens (tertiary/aromatic N) is 5. The quantitative estimate of drug-likeness (QED) is 0.787. The highest BCUT2D eigenvalue weighted by Gasteiger charge is 2.32. The summed E-state index contributed by atoms with van der Waals surface area (Å²) in [6, 6.07) is -0.266. The minimum Gasteiger partial charge on any atom is -0.371 e. The van der Waals surface area contributed by atoms with Crippen molar-refractivity contribution in [3.63, 3.8) is 0 Å². The zero-order valence-electron chi connectivity index (χ0n) is 16.1. The lowest BCUT2D eigenvalue weighted by atomic mass is 10.0. The van der Waals surface area contributed by atoms with Crippen LogP contribution in [0.1, 0.15) is 38.1 Å². The van der Waals surface area contributed by atoms with Gasteiger partial charge in [0.1, 0.15) is 6.17 Å². The van der Waals surface area contributed by atoms with Gasteiger partial charge in [0, 0.05) is 32.9 Å². The van der Waals surface area contributed by atoms with Crippen molar-refractivity contribution in [3.8, 4) is 0 Å². The summed E-state index contributed by atoms with van der Waals surface area (Å²) < 4.78 is 30.0. The SMILES string of the molecule is CNc1nc(Nc2cnn([C@@H]3CCN(CC4CCCC4)C[C@H]3F)c2)ncc1F. The molecule has 2 aliphatic rings. The lowest BCUT2D eigenvalue weighted by Gasteiger charge is -2.36. The van der Waals surface area contributed by atoms with E-state index in [4.69, 9.17) is 0 Å². The zero-order chi connectivity index (χ0) is 19.5. The Morgan fingerprint density at radius 2 is 2.04 bits per heavy atom. The average molecular weight is 391 g/mol. The summed E-state index contributed by atoms with van der Waals surface area (Å²) in [6.45, 7) is 2.39. The van der Waals surface area contributed by atoms with E-state index in [9.17, 15) is 8.78 Å². The van der Waals surface area contributed by atoms with Crippen molar-refractivity contribution in [3.05, 3.63) is 24.4 Å². The molecule has 0 bridgehead atoms. The molecule has 9 heteroatoms. The molecule has 0 aromatic carbocycles. The lowest BCUT2D eigenvalue weighted by Crippen LogP contribution is -2.44. The van der Waals surface area contributed by atoms with Gasteiger partial charge in [-0.05, 0) is 25.2 Å². The fourth-order valence-corrected chi connectivity index (χ4v) is 4.29. The first-order chi connectivity index (χ1) is 13.6. The number of rotatable bonds is 6. The summed E-state index contributed by atoms with van der Waals surface area (Å²) in [4.78, 5) is 10.2. The van der Waals surface area contributed by atoms with Crippen LogP contribution >= 0.6 is 0 Å². The standard InChI is InChI=1S/C19H27F2N7/c1-22-18-15(20)9-23-19(26-18)25-14-8-24-28(11-14)17-6-7-27(12-16(17)21)10-13-4-2-3-5-13/h8-9,11,13,16-17H,2-7,10,12H2,1H3,(H2,22,23,25,26)/t16-,17-/m1/s1. The van der Waals surface area contributed by atoms with E-state index < -0.39 is 12.0 Å². The first-order valence-corrected chi connectivity index (χ1v) is 10.0. The van der Waals surface area contributed by atoms with Crippen LogP contribution in [-0.2, 0) is 0 Å². The first-order valence-electron chi connectivity index (χ1n) is 10.0. The maximum Gasteiger partial charge on any atom is 0.229 e. The Kier molecular flexibility index (Phi) is 5.70. The van der Waals surface area contributed by atoms with Crippen molar-refractivity contribution < 1.29 is 8.78 Å². The summed E-state index contributed by atoms with van der Waals surface area (Å²) in [5, 5.41) is 9.99. The van der Waals surface area contributed by atoms with Crippen LogP contribution in [0.15, 0.2) is 18.6 Å². The van der Waals surface area contributed by atoms with Gasteiger partial charge in [-0.15, -0.1) is 0 Å². The van der Waals surface area contributed by atoms with E-state index in [1.54, 1.807) is 24.1 Å². The van der Waals surface area contributed by atoms with Crippen molar-refractivity contribution in [2.75, 3.05) is 37.3 Å². The predicted molar refractivity (Wildman–Crippen MR) is 104 cm³/mol. The molecule has 0 radical (unpaired) electrons. The monoisotopic (exact) mass is 391 g/mol. The van der Waals surface area contributed by atoms with Crippen molar-refractivity contribution in [1.82, 2.24) is 24.6 Å². The second kappa shape index (κ2) is 8.38. The number of hydrogen-bond donors (Lipinski definition) is 2. The Balaban J connectivity index is 1.36. The number of nitrogens with one attached hydrogen (secondary N) is 2. The van der Waals surface area contributed by atoms with Gasteiger partial charge in [-0.25, -0.2) is 13.8 Å². The Morgan fingerprint density at radius 1 is 1.21 bits per heavy atom. The summed E-state index contributed by atoms with van der Waals surface area (Å²) in [6.07, 6.45) is 9.47. The van der Waals surface area contributed by atoms with Crippen LogP contribution < -0.4 is 10.6 Å². The molecule has 2 N–H and O–H groups in total. The third-order valence-corrected chi connectivity index (χ3v) is 5.76. The van der Waals surface area contributed by atoms with Gasteiger partial charge >= 0.3 is 0 Å². The molecule has 2 aromatic heterocycles. The van der Waals surface area contributed by atoms with E-state index in [0.717, 1.165) is 31.6 Å². The maximum atomic E-state index is 14.8. The van der Waals surface area contributed by atoms with E-state index in [0.29, 0.717) is 12.2 Å². The van der Waals surface area contributed by atoms with E-state index >= 15 is 0 Å². The molecule has 0 amide bonds.